The molecule has 4 N–H and O–H groups in total. The Morgan fingerprint density at radius 1 is 1.13 bits per heavy atom. The number of benzene rings is 1. The summed E-state index contributed by atoms with van der Waals surface area (Å²) < 4.78 is 4.90. The Bertz CT molecular complexity index is 459. The first-order valence-electron chi connectivity index (χ1n) is 7.23. The molecule has 1 unspecified atom stereocenters. The van der Waals surface area contributed by atoms with Crippen LogP contribution in [0.2, 0.25) is 0 Å². The number of methoxy groups -OCH3 is 1. The molecular formula is C15H25ClN4O3. The number of hydrogen-bond donors (Lipinski definition) is 4. The van der Waals surface area contributed by atoms with Crippen LogP contribution >= 0.6 is 12.4 Å². The van der Waals surface area contributed by atoms with Gasteiger partial charge in [-0.1, -0.05) is 18.2 Å². The molecule has 0 aromatic heterocycles. The Kier molecular flexibility index (Phi) is 11.7. The molecular weight excluding hydrogens is 320 g/mol. The highest BCUT2D eigenvalue weighted by atomic mass is 35.5. The third kappa shape index (κ3) is 9.72. The van der Waals surface area contributed by atoms with Gasteiger partial charge < -0.3 is 26.0 Å². The molecule has 3 amide bonds. The van der Waals surface area contributed by atoms with E-state index in [1.165, 1.54) is 0 Å². The summed E-state index contributed by atoms with van der Waals surface area (Å²) in [4.78, 5) is 23.6. The molecule has 0 saturated heterocycles. The predicted octanol–water partition coefficient (Wildman–Crippen LogP) is 0.971. The molecule has 0 fully saturated rings. The van der Waals surface area contributed by atoms with E-state index in [1.54, 1.807) is 26.2 Å². The molecule has 1 aromatic carbocycles. The monoisotopic (exact) mass is 344 g/mol. The number of amides is 3. The first-order valence-corrected chi connectivity index (χ1v) is 7.23. The van der Waals surface area contributed by atoms with Crippen LogP contribution < -0.4 is 21.3 Å². The van der Waals surface area contributed by atoms with Crippen LogP contribution in [0, 0.1) is 0 Å². The smallest absolute Gasteiger partial charge is 0.319 e. The van der Waals surface area contributed by atoms with E-state index < -0.39 is 12.1 Å². The molecule has 1 atom stereocenters. The van der Waals surface area contributed by atoms with E-state index in [0.717, 1.165) is 6.54 Å². The number of urea groups is 1. The van der Waals surface area contributed by atoms with Crippen molar-refractivity contribution in [2.24, 2.45) is 0 Å². The minimum absolute atomic E-state index is 0. The second-order valence-electron chi connectivity index (χ2n) is 4.72. The summed E-state index contributed by atoms with van der Waals surface area (Å²) in [5.74, 6) is -0.225. The molecule has 0 aliphatic rings. The molecule has 1 rings (SSSR count). The van der Waals surface area contributed by atoms with Gasteiger partial charge in [0.2, 0.25) is 5.91 Å². The number of carbonyl (C=O) groups excluding carboxylic acids is 2. The lowest BCUT2D eigenvalue weighted by Gasteiger charge is -2.15. The Morgan fingerprint density at radius 3 is 2.48 bits per heavy atom. The second-order valence-corrected chi connectivity index (χ2v) is 4.72. The topological polar surface area (TPSA) is 91.5 Å². The fourth-order valence-corrected chi connectivity index (χ4v) is 1.68. The molecule has 23 heavy (non-hydrogen) atoms. The maximum atomic E-state index is 11.8. The Hall–Kier alpha value is -1.83. The molecule has 0 aliphatic carbocycles. The van der Waals surface area contributed by atoms with E-state index in [1.807, 2.05) is 18.2 Å². The highest BCUT2D eigenvalue weighted by Gasteiger charge is 2.14. The van der Waals surface area contributed by atoms with Crippen LogP contribution in [0.3, 0.4) is 0 Å². The SMILES string of the molecule is COCCNCCNC(=O)C(C)NC(=O)Nc1ccccc1.Cl. The van der Waals surface area contributed by atoms with Crippen LogP contribution in [0.1, 0.15) is 6.92 Å². The Morgan fingerprint density at radius 2 is 1.83 bits per heavy atom. The van der Waals surface area contributed by atoms with Gasteiger partial charge >= 0.3 is 6.03 Å². The van der Waals surface area contributed by atoms with E-state index in [-0.39, 0.29) is 18.3 Å². The van der Waals surface area contributed by atoms with Crippen molar-refractivity contribution < 1.29 is 14.3 Å². The van der Waals surface area contributed by atoms with Crippen molar-refractivity contribution >= 4 is 30.0 Å². The molecule has 0 bridgehead atoms. The number of rotatable bonds is 9. The third-order valence-corrected chi connectivity index (χ3v) is 2.86. The van der Waals surface area contributed by atoms with Gasteiger partial charge in [0.1, 0.15) is 6.04 Å². The normalized spacial score (nSPS) is 11.0. The zero-order valence-corrected chi connectivity index (χ0v) is 14.2. The molecule has 0 radical (unpaired) electrons. The van der Waals surface area contributed by atoms with Crippen molar-refractivity contribution in [3.8, 4) is 0 Å². The molecule has 0 spiro atoms. The van der Waals surface area contributed by atoms with Crippen LogP contribution in [0.4, 0.5) is 10.5 Å². The summed E-state index contributed by atoms with van der Waals surface area (Å²) >= 11 is 0. The zero-order chi connectivity index (χ0) is 16.2. The Balaban J connectivity index is 0.00000484. The second kappa shape index (κ2) is 12.7. The number of carbonyl (C=O) groups is 2. The number of halogens is 1. The van der Waals surface area contributed by atoms with E-state index >= 15 is 0 Å². The average molecular weight is 345 g/mol. The lowest BCUT2D eigenvalue weighted by molar-refractivity contribution is -0.122. The lowest BCUT2D eigenvalue weighted by atomic mass is 10.3. The maximum Gasteiger partial charge on any atom is 0.319 e. The Labute approximate surface area is 143 Å². The van der Waals surface area contributed by atoms with Crippen molar-refractivity contribution in [1.29, 1.82) is 0 Å². The minimum Gasteiger partial charge on any atom is -0.383 e. The molecule has 7 nitrogen and oxygen atoms in total. The van der Waals surface area contributed by atoms with Crippen LogP contribution in [0.5, 0.6) is 0 Å². The van der Waals surface area contributed by atoms with Crippen molar-refractivity contribution in [2.45, 2.75) is 13.0 Å². The van der Waals surface area contributed by atoms with E-state index in [4.69, 9.17) is 4.74 Å². The van der Waals surface area contributed by atoms with Crippen molar-refractivity contribution in [3.63, 3.8) is 0 Å². The highest BCUT2D eigenvalue weighted by molar-refractivity contribution is 5.93. The average Bonchev–Trinajstić information content (AvgIpc) is 2.51. The molecule has 0 heterocycles. The van der Waals surface area contributed by atoms with Gasteiger partial charge in [-0.05, 0) is 19.1 Å². The summed E-state index contributed by atoms with van der Waals surface area (Å²) in [5.41, 5.74) is 0.676. The fourth-order valence-electron chi connectivity index (χ4n) is 1.68. The summed E-state index contributed by atoms with van der Waals surface area (Å²) in [6.07, 6.45) is 0. The van der Waals surface area contributed by atoms with Gasteiger partial charge in [-0.15, -0.1) is 12.4 Å². The summed E-state index contributed by atoms with van der Waals surface area (Å²) in [5, 5.41) is 11.1. The zero-order valence-electron chi connectivity index (χ0n) is 13.4. The summed E-state index contributed by atoms with van der Waals surface area (Å²) in [7, 11) is 1.64. The van der Waals surface area contributed by atoms with Gasteiger partial charge in [0, 0.05) is 32.4 Å². The molecule has 0 saturated carbocycles. The number of hydrogen-bond acceptors (Lipinski definition) is 4. The van der Waals surface area contributed by atoms with E-state index in [9.17, 15) is 9.59 Å². The first-order chi connectivity index (χ1) is 10.6. The third-order valence-electron chi connectivity index (χ3n) is 2.86. The van der Waals surface area contributed by atoms with Crippen molar-refractivity contribution in [3.05, 3.63) is 30.3 Å². The largest absolute Gasteiger partial charge is 0.383 e. The summed E-state index contributed by atoms with van der Waals surface area (Å²) in [6, 6.07) is 8.03. The van der Waals surface area contributed by atoms with Gasteiger partial charge in [-0.25, -0.2) is 4.79 Å². The summed E-state index contributed by atoms with van der Waals surface area (Å²) in [6.45, 7) is 4.15. The van der Waals surface area contributed by atoms with Crippen LogP contribution in [0.15, 0.2) is 30.3 Å². The van der Waals surface area contributed by atoms with Crippen molar-refractivity contribution in [2.75, 3.05) is 38.7 Å². The van der Waals surface area contributed by atoms with Crippen LogP contribution in [0.25, 0.3) is 0 Å². The number of ether oxygens (including phenoxy) is 1. The molecule has 130 valence electrons. The van der Waals surface area contributed by atoms with Crippen molar-refractivity contribution in [1.82, 2.24) is 16.0 Å². The van der Waals surface area contributed by atoms with Gasteiger partial charge in [0.25, 0.3) is 0 Å². The molecule has 8 heteroatoms. The van der Waals surface area contributed by atoms with Gasteiger partial charge in [0.05, 0.1) is 6.61 Å². The molecule has 0 aliphatic heterocycles. The maximum absolute atomic E-state index is 11.8. The predicted molar refractivity (Wildman–Crippen MR) is 93.1 cm³/mol. The quantitative estimate of drug-likeness (QED) is 0.502. The van der Waals surface area contributed by atoms with Gasteiger partial charge in [0.15, 0.2) is 0 Å². The standard InChI is InChI=1S/C15H24N4O3.ClH/c1-12(14(20)17-9-8-16-10-11-22-2)18-15(21)19-13-6-4-3-5-7-13;/h3-7,12,16H,8-11H2,1-2H3,(H,17,20)(H2,18,19,21);1H. The van der Waals surface area contributed by atoms with E-state index in [2.05, 4.69) is 21.3 Å². The number of para-hydroxylation sites is 1. The van der Waals surface area contributed by atoms with Gasteiger partial charge in [-0.3, -0.25) is 4.79 Å². The van der Waals surface area contributed by atoms with Crippen LogP contribution in [-0.2, 0) is 9.53 Å². The number of anilines is 1. The van der Waals surface area contributed by atoms with Crippen LogP contribution in [-0.4, -0.2) is 51.3 Å². The molecule has 1 aromatic rings. The number of nitrogens with one attached hydrogen (secondary N) is 4. The van der Waals surface area contributed by atoms with E-state index in [0.29, 0.717) is 25.4 Å². The lowest BCUT2D eigenvalue weighted by Crippen LogP contribution is -2.47. The first kappa shape index (κ1) is 21.2. The minimum atomic E-state index is -0.609. The highest BCUT2D eigenvalue weighted by Crippen LogP contribution is 2.04. The van der Waals surface area contributed by atoms with Gasteiger partial charge in [-0.2, -0.15) is 0 Å². The fraction of sp³-hybridized carbons (Fsp3) is 0.467.